The molecule has 3 aromatic rings. The van der Waals surface area contributed by atoms with Crippen LogP contribution in [-0.4, -0.2) is 24.7 Å². The molecule has 0 radical (unpaired) electrons. The minimum absolute atomic E-state index is 0.236. The molecule has 26 heavy (non-hydrogen) atoms. The van der Waals surface area contributed by atoms with E-state index in [0.717, 1.165) is 17.1 Å². The number of aromatic nitrogens is 4. The number of nitrogens with zero attached hydrogens (tertiary/aromatic N) is 4. The molecule has 6 nitrogen and oxygen atoms in total. The zero-order chi connectivity index (χ0) is 18.8. The Morgan fingerprint density at radius 2 is 2.00 bits per heavy atom. The molecular weight excluding hydrogens is 375 g/mol. The highest BCUT2D eigenvalue weighted by molar-refractivity contribution is 7.80. The van der Waals surface area contributed by atoms with Crippen molar-refractivity contribution >= 4 is 40.4 Å². The summed E-state index contributed by atoms with van der Waals surface area (Å²) in [7, 11) is 1.83. The highest BCUT2D eigenvalue weighted by Gasteiger charge is 2.16. The van der Waals surface area contributed by atoms with E-state index in [0.29, 0.717) is 21.5 Å². The number of nitrogens with one attached hydrogen (secondary N) is 2. The minimum Gasteiger partial charge on any atom is -0.329 e. The van der Waals surface area contributed by atoms with Gasteiger partial charge in [0.2, 0.25) is 0 Å². The summed E-state index contributed by atoms with van der Waals surface area (Å²) in [5, 5.41) is 15.6. The third-order valence-electron chi connectivity index (χ3n) is 3.94. The fourth-order valence-electron chi connectivity index (χ4n) is 2.61. The van der Waals surface area contributed by atoms with Gasteiger partial charge in [0.05, 0.1) is 23.6 Å². The van der Waals surface area contributed by atoms with Gasteiger partial charge in [-0.2, -0.15) is 10.2 Å². The van der Waals surface area contributed by atoms with Gasteiger partial charge in [-0.05, 0) is 38.2 Å². The van der Waals surface area contributed by atoms with Gasteiger partial charge in [0, 0.05) is 29.9 Å². The van der Waals surface area contributed by atoms with E-state index in [1.807, 2.05) is 33.2 Å². The van der Waals surface area contributed by atoms with Gasteiger partial charge in [0.15, 0.2) is 10.9 Å². The zero-order valence-electron chi connectivity index (χ0n) is 14.5. The zero-order valence-corrected chi connectivity index (χ0v) is 16.1. The van der Waals surface area contributed by atoms with Crippen molar-refractivity contribution in [3.8, 4) is 0 Å². The Labute approximate surface area is 161 Å². The van der Waals surface area contributed by atoms with Crippen LogP contribution in [0.25, 0.3) is 0 Å². The molecule has 9 heteroatoms. The Morgan fingerprint density at radius 1 is 1.23 bits per heavy atom. The van der Waals surface area contributed by atoms with Crippen molar-refractivity contribution in [1.82, 2.24) is 19.6 Å². The van der Waals surface area contributed by atoms with E-state index in [2.05, 4.69) is 20.8 Å². The summed E-state index contributed by atoms with van der Waals surface area (Å²) in [5.41, 5.74) is 2.75. The number of rotatable bonds is 4. The van der Waals surface area contributed by atoms with Gasteiger partial charge in [-0.1, -0.05) is 17.7 Å². The Morgan fingerprint density at radius 3 is 2.65 bits per heavy atom. The summed E-state index contributed by atoms with van der Waals surface area (Å²) in [4.78, 5) is 0. The van der Waals surface area contributed by atoms with Crippen LogP contribution in [0, 0.1) is 19.7 Å². The largest absolute Gasteiger partial charge is 0.329 e. The van der Waals surface area contributed by atoms with Crippen LogP contribution < -0.4 is 10.6 Å². The Bertz CT molecular complexity index is 944. The maximum Gasteiger partial charge on any atom is 0.176 e. The van der Waals surface area contributed by atoms with Crippen LogP contribution >= 0.6 is 23.8 Å². The SMILES string of the molecule is Cc1nn(Cc2c(F)cccc2Cl)c(C)c1NC(=S)Nc1ccn(C)n1. The van der Waals surface area contributed by atoms with E-state index >= 15 is 0 Å². The fourth-order valence-corrected chi connectivity index (χ4v) is 3.04. The number of benzene rings is 1. The predicted octanol–water partition coefficient (Wildman–Crippen LogP) is 3.88. The average molecular weight is 393 g/mol. The number of halogens is 2. The van der Waals surface area contributed by atoms with E-state index in [9.17, 15) is 4.39 Å². The number of hydrogen-bond acceptors (Lipinski definition) is 3. The van der Waals surface area contributed by atoms with Crippen molar-refractivity contribution in [2.45, 2.75) is 20.4 Å². The molecule has 0 aliphatic heterocycles. The lowest BCUT2D eigenvalue weighted by molar-refractivity contribution is 0.579. The van der Waals surface area contributed by atoms with Gasteiger partial charge in [0.25, 0.3) is 0 Å². The molecule has 2 N–H and O–H groups in total. The molecule has 0 atom stereocenters. The minimum atomic E-state index is -0.355. The lowest BCUT2D eigenvalue weighted by Gasteiger charge is -2.10. The molecule has 0 saturated heterocycles. The number of thiocarbonyl (C=S) groups is 1. The molecule has 0 spiro atoms. The van der Waals surface area contributed by atoms with Crippen LogP contribution in [0.3, 0.4) is 0 Å². The van der Waals surface area contributed by atoms with E-state index in [4.69, 9.17) is 23.8 Å². The van der Waals surface area contributed by atoms with Crippen molar-refractivity contribution in [3.05, 3.63) is 58.3 Å². The van der Waals surface area contributed by atoms with E-state index < -0.39 is 0 Å². The van der Waals surface area contributed by atoms with Crippen molar-refractivity contribution in [3.63, 3.8) is 0 Å². The van der Waals surface area contributed by atoms with Gasteiger partial charge in [-0.3, -0.25) is 9.36 Å². The monoisotopic (exact) mass is 392 g/mol. The lowest BCUT2D eigenvalue weighted by atomic mass is 10.2. The molecule has 1 aromatic carbocycles. The van der Waals surface area contributed by atoms with E-state index in [1.165, 1.54) is 6.07 Å². The van der Waals surface area contributed by atoms with Crippen LogP contribution in [0.4, 0.5) is 15.9 Å². The average Bonchev–Trinajstić information content (AvgIpc) is 3.09. The first-order valence-electron chi connectivity index (χ1n) is 7.89. The quantitative estimate of drug-likeness (QED) is 0.660. The first-order chi connectivity index (χ1) is 12.3. The molecule has 0 aliphatic carbocycles. The maximum atomic E-state index is 14.0. The van der Waals surface area contributed by atoms with Gasteiger partial charge < -0.3 is 10.6 Å². The molecule has 0 unspecified atom stereocenters. The van der Waals surface area contributed by atoms with Crippen molar-refractivity contribution < 1.29 is 4.39 Å². The van der Waals surface area contributed by atoms with E-state index in [-0.39, 0.29) is 12.4 Å². The molecule has 136 valence electrons. The second-order valence-corrected chi connectivity index (χ2v) is 6.67. The summed E-state index contributed by atoms with van der Waals surface area (Å²) >= 11 is 11.5. The molecule has 0 saturated carbocycles. The molecular formula is C17H18ClFN6S. The summed E-state index contributed by atoms with van der Waals surface area (Å²) in [5.74, 6) is 0.290. The van der Waals surface area contributed by atoms with E-state index in [1.54, 1.807) is 21.5 Å². The first-order valence-corrected chi connectivity index (χ1v) is 8.68. The molecule has 2 heterocycles. The molecule has 0 fully saturated rings. The van der Waals surface area contributed by atoms with Crippen LogP contribution in [-0.2, 0) is 13.6 Å². The van der Waals surface area contributed by atoms with Gasteiger partial charge in [-0.15, -0.1) is 0 Å². The van der Waals surface area contributed by atoms with Crippen LogP contribution in [0.15, 0.2) is 30.5 Å². The Hall–Kier alpha value is -2.45. The number of aryl methyl sites for hydroxylation is 2. The second-order valence-electron chi connectivity index (χ2n) is 5.86. The topological polar surface area (TPSA) is 59.7 Å². The normalized spacial score (nSPS) is 10.8. The van der Waals surface area contributed by atoms with Crippen LogP contribution in [0.2, 0.25) is 5.02 Å². The highest BCUT2D eigenvalue weighted by atomic mass is 35.5. The smallest absolute Gasteiger partial charge is 0.176 e. The third kappa shape index (κ3) is 3.86. The second kappa shape index (κ2) is 7.43. The predicted molar refractivity (Wildman–Crippen MR) is 105 cm³/mol. The number of anilines is 2. The summed E-state index contributed by atoms with van der Waals surface area (Å²) in [6.07, 6.45) is 1.82. The van der Waals surface area contributed by atoms with Crippen molar-refractivity contribution in [1.29, 1.82) is 0 Å². The highest BCUT2D eigenvalue weighted by Crippen LogP contribution is 2.24. The lowest BCUT2D eigenvalue weighted by Crippen LogP contribution is -2.20. The first kappa shape index (κ1) is 18.3. The maximum absolute atomic E-state index is 14.0. The summed E-state index contributed by atoms with van der Waals surface area (Å²) in [6.45, 7) is 3.99. The third-order valence-corrected chi connectivity index (χ3v) is 4.50. The molecule has 0 aliphatic rings. The van der Waals surface area contributed by atoms with Crippen molar-refractivity contribution in [2.24, 2.45) is 7.05 Å². The Balaban J connectivity index is 1.78. The van der Waals surface area contributed by atoms with Crippen LogP contribution in [0.1, 0.15) is 17.0 Å². The fraction of sp³-hybridized carbons (Fsp3) is 0.235. The van der Waals surface area contributed by atoms with Crippen molar-refractivity contribution in [2.75, 3.05) is 10.6 Å². The molecule has 3 rings (SSSR count). The molecule has 2 aromatic heterocycles. The summed E-state index contributed by atoms with van der Waals surface area (Å²) < 4.78 is 17.4. The standard InChI is InChI=1S/C17H18ClFN6S/c1-10-16(21-17(26)20-15-7-8-24(3)23-15)11(2)25(22-10)9-12-13(18)5-4-6-14(12)19/h4-8H,9H2,1-3H3,(H2,20,21,23,26). The van der Waals surface area contributed by atoms with Gasteiger partial charge in [0.1, 0.15) is 5.82 Å². The summed E-state index contributed by atoms with van der Waals surface area (Å²) in [6, 6.07) is 6.45. The van der Waals surface area contributed by atoms with Gasteiger partial charge >= 0.3 is 0 Å². The van der Waals surface area contributed by atoms with Gasteiger partial charge in [-0.25, -0.2) is 4.39 Å². The van der Waals surface area contributed by atoms with Crippen LogP contribution in [0.5, 0.6) is 0 Å². The Kier molecular flexibility index (Phi) is 5.24. The molecule has 0 amide bonds. The molecule has 0 bridgehead atoms. The number of hydrogen-bond donors (Lipinski definition) is 2.